The predicted molar refractivity (Wildman–Crippen MR) is 110 cm³/mol. The van der Waals surface area contributed by atoms with Crippen molar-refractivity contribution in [3.8, 4) is 11.3 Å². The third-order valence-electron chi connectivity index (χ3n) is 5.59. The Morgan fingerprint density at radius 2 is 1.82 bits per heavy atom. The number of piperidine rings is 1. The zero-order valence-electron chi connectivity index (χ0n) is 15.9. The minimum absolute atomic E-state index is 0.190. The highest BCUT2D eigenvalue weighted by atomic mass is 15.1. The van der Waals surface area contributed by atoms with Crippen molar-refractivity contribution in [1.82, 2.24) is 24.7 Å². The van der Waals surface area contributed by atoms with Crippen LogP contribution < -0.4 is 5.32 Å². The maximum atomic E-state index is 5.02. The molecule has 4 aromatic heterocycles. The molecule has 1 N–H and O–H groups in total. The van der Waals surface area contributed by atoms with Gasteiger partial charge in [0.25, 0.3) is 0 Å². The monoisotopic (exact) mass is 369 g/mol. The second-order valence-electron chi connectivity index (χ2n) is 7.42. The molecule has 5 heterocycles. The quantitative estimate of drug-likeness (QED) is 0.571. The Morgan fingerprint density at radius 3 is 2.64 bits per heavy atom. The normalized spacial score (nSPS) is 19.8. The van der Waals surface area contributed by atoms with Crippen molar-refractivity contribution in [2.24, 2.45) is 0 Å². The smallest absolute Gasteiger partial charge is 0.137 e. The molecule has 5 nitrogen and oxygen atoms in total. The maximum Gasteiger partial charge on any atom is 0.137 e. The number of aryl methyl sites for hydroxylation is 1. The Balaban J connectivity index is 1.58. The van der Waals surface area contributed by atoms with Crippen molar-refractivity contribution in [2.45, 2.75) is 38.3 Å². The first-order chi connectivity index (χ1) is 13.8. The summed E-state index contributed by atoms with van der Waals surface area (Å²) >= 11 is 0. The first-order valence-electron chi connectivity index (χ1n) is 9.86. The van der Waals surface area contributed by atoms with Crippen molar-refractivity contribution in [3.05, 3.63) is 84.2 Å². The summed E-state index contributed by atoms with van der Waals surface area (Å²) in [5.41, 5.74) is 6.67. The molecule has 140 valence electrons. The fourth-order valence-electron chi connectivity index (χ4n) is 4.28. The summed E-state index contributed by atoms with van der Waals surface area (Å²) in [6, 6.07) is 14.8. The molecular formula is C23H23N5. The van der Waals surface area contributed by atoms with Gasteiger partial charge in [0.2, 0.25) is 0 Å². The molecule has 0 amide bonds. The highest BCUT2D eigenvalue weighted by molar-refractivity contribution is 5.67. The van der Waals surface area contributed by atoms with Crippen LogP contribution in [0, 0.1) is 6.92 Å². The number of nitrogens with zero attached hydrogens (tertiary/aromatic N) is 4. The van der Waals surface area contributed by atoms with E-state index in [2.05, 4.69) is 51.0 Å². The summed E-state index contributed by atoms with van der Waals surface area (Å²) in [6.45, 7) is 2.14. The minimum Gasteiger partial charge on any atom is -0.300 e. The molecule has 2 atom stereocenters. The summed E-state index contributed by atoms with van der Waals surface area (Å²) in [7, 11) is 0. The van der Waals surface area contributed by atoms with E-state index in [-0.39, 0.29) is 12.1 Å². The third kappa shape index (κ3) is 2.98. The zero-order valence-corrected chi connectivity index (χ0v) is 15.9. The van der Waals surface area contributed by atoms with Crippen LogP contribution in [0.3, 0.4) is 0 Å². The number of rotatable bonds is 3. The second kappa shape index (κ2) is 7.17. The van der Waals surface area contributed by atoms with Crippen LogP contribution in [0.1, 0.15) is 48.3 Å². The van der Waals surface area contributed by atoms with Gasteiger partial charge in [-0.1, -0.05) is 12.1 Å². The lowest BCUT2D eigenvalue weighted by Gasteiger charge is -2.31. The van der Waals surface area contributed by atoms with Crippen molar-refractivity contribution >= 4 is 5.65 Å². The van der Waals surface area contributed by atoms with Gasteiger partial charge in [0.15, 0.2) is 0 Å². The SMILES string of the molecule is Cc1cccnc1[C@@H]1CCC[C@H](c2nc3ccccn3c2-c2cccnc2)N1. The van der Waals surface area contributed by atoms with Gasteiger partial charge in [-0.15, -0.1) is 0 Å². The van der Waals surface area contributed by atoms with Crippen LogP contribution in [0.2, 0.25) is 0 Å². The van der Waals surface area contributed by atoms with Crippen LogP contribution in [0.5, 0.6) is 0 Å². The van der Waals surface area contributed by atoms with Crippen molar-refractivity contribution in [3.63, 3.8) is 0 Å². The highest BCUT2D eigenvalue weighted by Gasteiger charge is 2.29. The molecule has 1 fully saturated rings. The number of pyridine rings is 3. The van der Waals surface area contributed by atoms with Gasteiger partial charge in [-0.05, 0) is 62.1 Å². The van der Waals surface area contributed by atoms with E-state index in [1.165, 1.54) is 5.56 Å². The topological polar surface area (TPSA) is 55.1 Å². The van der Waals surface area contributed by atoms with E-state index in [9.17, 15) is 0 Å². The average Bonchev–Trinajstić information content (AvgIpc) is 3.14. The van der Waals surface area contributed by atoms with E-state index in [0.29, 0.717) is 0 Å². The van der Waals surface area contributed by atoms with Crippen LogP contribution in [0.25, 0.3) is 16.9 Å². The number of hydrogen-bond acceptors (Lipinski definition) is 4. The summed E-state index contributed by atoms with van der Waals surface area (Å²) in [4.78, 5) is 14.0. The highest BCUT2D eigenvalue weighted by Crippen LogP contribution is 2.37. The summed E-state index contributed by atoms with van der Waals surface area (Å²) < 4.78 is 2.17. The van der Waals surface area contributed by atoms with Crippen LogP contribution in [-0.4, -0.2) is 19.4 Å². The Labute approximate surface area is 164 Å². The van der Waals surface area contributed by atoms with E-state index in [1.807, 2.05) is 42.9 Å². The molecule has 4 aromatic rings. The van der Waals surface area contributed by atoms with E-state index < -0.39 is 0 Å². The van der Waals surface area contributed by atoms with E-state index in [0.717, 1.165) is 47.6 Å². The van der Waals surface area contributed by atoms with Crippen LogP contribution in [0.15, 0.2) is 67.3 Å². The lowest BCUT2D eigenvalue weighted by Crippen LogP contribution is -2.32. The molecule has 0 aromatic carbocycles. The van der Waals surface area contributed by atoms with Crippen LogP contribution in [-0.2, 0) is 0 Å². The number of aromatic nitrogens is 4. The molecule has 0 bridgehead atoms. The number of hydrogen-bond donors (Lipinski definition) is 1. The van der Waals surface area contributed by atoms with E-state index >= 15 is 0 Å². The molecule has 5 rings (SSSR count). The maximum absolute atomic E-state index is 5.02. The fourth-order valence-corrected chi connectivity index (χ4v) is 4.28. The molecule has 0 radical (unpaired) electrons. The Kier molecular flexibility index (Phi) is 4.37. The molecule has 1 aliphatic heterocycles. The van der Waals surface area contributed by atoms with Gasteiger partial charge in [-0.25, -0.2) is 4.98 Å². The molecule has 5 heteroatoms. The molecule has 1 saturated heterocycles. The summed E-state index contributed by atoms with van der Waals surface area (Å²) in [5, 5.41) is 3.84. The summed E-state index contributed by atoms with van der Waals surface area (Å²) in [6.07, 6.45) is 11.0. The van der Waals surface area contributed by atoms with Crippen molar-refractivity contribution in [2.75, 3.05) is 0 Å². The molecule has 28 heavy (non-hydrogen) atoms. The third-order valence-corrected chi connectivity index (χ3v) is 5.59. The van der Waals surface area contributed by atoms with Gasteiger partial charge in [0, 0.05) is 30.4 Å². The Morgan fingerprint density at radius 1 is 0.964 bits per heavy atom. The average molecular weight is 369 g/mol. The zero-order chi connectivity index (χ0) is 18.9. The lowest BCUT2D eigenvalue weighted by molar-refractivity contribution is 0.321. The van der Waals surface area contributed by atoms with Crippen molar-refractivity contribution < 1.29 is 0 Å². The standard InChI is InChI=1S/C23H23N5/c1-16-7-5-13-25-21(16)18-9-4-10-19(26-18)22-23(17-8-6-12-24-15-17)28-14-3-2-11-20(28)27-22/h2-3,5-8,11-15,18-19,26H,4,9-10H2,1H3/t18-,19+/m0/s1. The van der Waals surface area contributed by atoms with Gasteiger partial charge in [0.05, 0.1) is 29.2 Å². The molecule has 1 aliphatic rings. The van der Waals surface area contributed by atoms with E-state index in [4.69, 9.17) is 4.98 Å². The summed E-state index contributed by atoms with van der Waals surface area (Å²) in [5.74, 6) is 0. The van der Waals surface area contributed by atoms with E-state index in [1.54, 1.807) is 0 Å². The van der Waals surface area contributed by atoms with Crippen LogP contribution >= 0.6 is 0 Å². The van der Waals surface area contributed by atoms with Gasteiger partial charge in [0.1, 0.15) is 5.65 Å². The first-order valence-corrected chi connectivity index (χ1v) is 9.86. The lowest BCUT2D eigenvalue weighted by atomic mass is 9.91. The largest absolute Gasteiger partial charge is 0.300 e. The number of nitrogens with one attached hydrogen (secondary N) is 1. The number of imidazole rings is 1. The van der Waals surface area contributed by atoms with Gasteiger partial charge < -0.3 is 5.32 Å². The predicted octanol–water partition coefficient (Wildman–Crippen LogP) is 4.66. The molecule has 0 unspecified atom stereocenters. The molecule has 0 spiro atoms. The Hall–Kier alpha value is -3.05. The second-order valence-corrected chi connectivity index (χ2v) is 7.42. The minimum atomic E-state index is 0.190. The van der Waals surface area contributed by atoms with Gasteiger partial charge in [-0.2, -0.15) is 0 Å². The van der Waals surface area contributed by atoms with Crippen LogP contribution in [0.4, 0.5) is 0 Å². The molecular weight excluding hydrogens is 346 g/mol. The first kappa shape index (κ1) is 17.1. The van der Waals surface area contributed by atoms with Gasteiger partial charge in [-0.3, -0.25) is 14.4 Å². The Bertz CT molecular complexity index is 1100. The van der Waals surface area contributed by atoms with Gasteiger partial charge >= 0.3 is 0 Å². The molecule has 0 saturated carbocycles. The molecule has 0 aliphatic carbocycles. The number of fused-ring (bicyclic) bond motifs is 1. The fraction of sp³-hybridized carbons (Fsp3) is 0.261. The van der Waals surface area contributed by atoms with Crippen molar-refractivity contribution in [1.29, 1.82) is 0 Å².